The van der Waals surface area contributed by atoms with Crippen LogP contribution in [0.1, 0.15) is 40.0 Å². The largest absolute Gasteiger partial charge is 0.395 e. The van der Waals surface area contributed by atoms with Crippen LogP contribution in [0.3, 0.4) is 0 Å². The molecule has 0 heterocycles. The Labute approximate surface area is 70.0 Å². The first kappa shape index (κ1) is 10.9. The van der Waals surface area contributed by atoms with Crippen molar-refractivity contribution in [2.45, 2.75) is 52.1 Å². The average Bonchev–Trinajstić information content (AvgIpc) is 2.00. The molecule has 2 nitrogen and oxygen atoms in total. The van der Waals surface area contributed by atoms with E-state index in [2.05, 4.69) is 19.2 Å². The number of aliphatic hydroxyl groups excluding tert-OH is 1. The summed E-state index contributed by atoms with van der Waals surface area (Å²) in [6, 6.07) is 0.777. The molecule has 11 heavy (non-hydrogen) atoms. The molecule has 0 aromatic carbocycles. The molecule has 0 spiro atoms. The fraction of sp³-hybridized carbons (Fsp3) is 1.00. The Balaban J connectivity index is 3.27. The Morgan fingerprint density at radius 3 is 2.36 bits per heavy atom. The van der Waals surface area contributed by atoms with Crippen LogP contribution in [0.2, 0.25) is 0 Å². The molecule has 0 rings (SSSR count). The number of hydrogen-bond donors (Lipinski definition) is 2. The molecule has 0 saturated carbocycles. The predicted octanol–water partition coefficient (Wildman–Crippen LogP) is 1.54. The number of rotatable bonds is 6. The van der Waals surface area contributed by atoms with E-state index < -0.39 is 0 Å². The minimum atomic E-state index is 0.233. The Kier molecular flexibility index (Phi) is 6.57. The molecule has 0 aromatic rings. The Hall–Kier alpha value is -0.0800. The third-order valence-corrected chi connectivity index (χ3v) is 1.83. The topological polar surface area (TPSA) is 32.3 Å². The Morgan fingerprint density at radius 1 is 1.27 bits per heavy atom. The molecular weight excluding hydrogens is 138 g/mol. The van der Waals surface area contributed by atoms with E-state index in [1.165, 1.54) is 19.3 Å². The van der Waals surface area contributed by atoms with Crippen LogP contribution in [-0.2, 0) is 0 Å². The molecule has 0 aliphatic heterocycles. The summed E-state index contributed by atoms with van der Waals surface area (Å²) >= 11 is 0. The van der Waals surface area contributed by atoms with Gasteiger partial charge in [-0.2, -0.15) is 0 Å². The summed E-state index contributed by atoms with van der Waals surface area (Å²) < 4.78 is 0. The monoisotopic (exact) mass is 159 g/mol. The van der Waals surface area contributed by atoms with Gasteiger partial charge in [-0.15, -0.1) is 0 Å². The van der Waals surface area contributed by atoms with E-state index in [1.807, 2.05) is 6.92 Å². The van der Waals surface area contributed by atoms with Crippen molar-refractivity contribution in [2.75, 3.05) is 6.61 Å². The lowest BCUT2D eigenvalue weighted by atomic mass is 10.1. The molecule has 0 bridgehead atoms. The highest BCUT2D eigenvalue weighted by atomic mass is 16.3. The Bertz CT molecular complexity index is 85.6. The fourth-order valence-corrected chi connectivity index (χ4v) is 1.13. The quantitative estimate of drug-likeness (QED) is 0.616. The maximum atomic E-state index is 8.75. The van der Waals surface area contributed by atoms with Crippen molar-refractivity contribution in [3.8, 4) is 0 Å². The average molecular weight is 159 g/mol. The van der Waals surface area contributed by atoms with Crippen molar-refractivity contribution >= 4 is 0 Å². The van der Waals surface area contributed by atoms with E-state index in [9.17, 15) is 0 Å². The van der Waals surface area contributed by atoms with Gasteiger partial charge in [-0.05, 0) is 20.3 Å². The molecule has 2 heteroatoms. The smallest absolute Gasteiger partial charge is 0.0582 e. The van der Waals surface area contributed by atoms with Crippen LogP contribution in [0.25, 0.3) is 0 Å². The molecule has 2 atom stereocenters. The van der Waals surface area contributed by atoms with Gasteiger partial charge in [-0.25, -0.2) is 0 Å². The van der Waals surface area contributed by atoms with Crippen LogP contribution >= 0.6 is 0 Å². The van der Waals surface area contributed by atoms with Gasteiger partial charge < -0.3 is 10.4 Å². The number of unbranched alkanes of at least 4 members (excludes halogenated alkanes) is 1. The van der Waals surface area contributed by atoms with Crippen LogP contribution in [0, 0.1) is 0 Å². The maximum absolute atomic E-state index is 8.75. The summed E-state index contributed by atoms with van der Waals surface area (Å²) in [4.78, 5) is 0. The minimum Gasteiger partial charge on any atom is -0.395 e. The van der Waals surface area contributed by atoms with Gasteiger partial charge in [0.25, 0.3) is 0 Å². The van der Waals surface area contributed by atoms with E-state index in [0.29, 0.717) is 6.04 Å². The zero-order chi connectivity index (χ0) is 8.69. The van der Waals surface area contributed by atoms with E-state index in [-0.39, 0.29) is 12.6 Å². The molecule has 1 unspecified atom stereocenters. The number of hydrogen-bond acceptors (Lipinski definition) is 2. The van der Waals surface area contributed by atoms with Crippen molar-refractivity contribution in [3.63, 3.8) is 0 Å². The van der Waals surface area contributed by atoms with Gasteiger partial charge in [0.05, 0.1) is 6.61 Å². The third kappa shape index (κ3) is 6.32. The van der Waals surface area contributed by atoms with Crippen LogP contribution in [0.4, 0.5) is 0 Å². The second kappa shape index (κ2) is 6.62. The highest BCUT2D eigenvalue weighted by Crippen LogP contribution is 2.00. The lowest BCUT2D eigenvalue weighted by molar-refractivity contribution is 0.240. The maximum Gasteiger partial charge on any atom is 0.0582 e. The van der Waals surface area contributed by atoms with E-state index in [1.54, 1.807) is 0 Å². The van der Waals surface area contributed by atoms with Gasteiger partial charge in [0.2, 0.25) is 0 Å². The molecule has 0 aromatic heterocycles. The minimum absolute atomic E-state index is 0.233. The molecule has 68 valence electrons. The first-order chi connectivity index (χ1) is 5.20. The molecule has 0 amide bonds. The zero-order valence-corrected chi connectivity index (χ0v) is 7.93. The zero-order valence-electron chi connectivity index (χ0n) is 7.93. The van der Waals surface area contributed by atoms with Gasteiger partial charge >= 0.3 is 0 Å². The van der Waals surface area contributed by atoms with Gasteiger partial charge in [0.15, 0.2) is 0 Å². The Morgan fingerprint density at radius 2 is 1.91 bits per heavy atom. The number of nitrogens with one attached hydrogen (secondary N) is 1. The third-order valence-electron chi connectivity index (χ3n) is 1.83. The highest BCUT2D eigenvalue weighted by molar-refractivity contribution is 4.65. The first-order valence-electron chi connectivity index (χ1n) is 4.57. The lowest BCUT2D eigenvalue weighted by Gasteiger charge is -2.17. The van der Waals surface area contributed by atoms with Gasteiger partial charge in [0, 0.05) is 12.1 Å². The molecule has 0 aliphatic carbocycles. The lowest BCUT2D eigenvalue weighted by Crippen LogP contribution is -2.36. The van der Waals surface area contributed by atoms with E-state index in [0.717, 1.165) is 0 Å². The molecule has 2 N–H and O–H groups in total. The van der Waals surface area contributed by atoms with Crippen molar-refractivity contribution in [1.82, 2.24) is 5.32 Å². The van der Waals surface area contributed by atoms with Crippen molar-refractivity contribution < 1.29 is 5.11 Å². The summed E-state index contributed by atoms with van der Waals surface area (Å²) in [5, 5.41) is 12.1. The number of aliphatic hydroxyl groups is 1. The first-order valence-corrected chi connectivity index (χ1v) is 4.57. The summed E-state index contributed by atoms with van der Waals surface area (Å²) in [6.45, 7) is 6.60. The standard InChI is InChI=1S/C9H21NO/c1-4-5-6-8(2)10-9(3)7-11/h8-11H,4-7H2,1-3H3/t8?,9-/m1/s1. The van der Waals surface area contributed by atoms with Gasteiger partial charge in [-0.1, -0.05) is 19.8 Å². The fourth-order valence-electron chi connectivity index (χ4n) is 1.13. The summed E-state index contributed by atoms with van der Waals surface area (Å²) in [5.41, 5.74) is 0. The van der Waals surface area contributed by atoms with E-state index in [4.69, 9.17) is 5.11 Å². The summed E-state index contributed by atoms with van der Waals surface area (Å²) in [5.74, 6) is 0. The van der Waals surface area contributed by atoms with Gasteiger partial charge in [-0.3, -0.25) is 0 Å². The summed E-state index contributed by atoms with van der Waals surface area (Å²) in [7, 11) is 0. The van der Waals surface area contributed by atoms with Crippen molar-refractivity contribution in [1.29, 1.82) is 0 Å². The SMILES string of the molecule is CCCCC(C)N[C@H](C)CO. The van der Waals surface area contributed by atoms with Crippen LogP contribution in [0.5, 0.6) is 0 Å². The predicted molar refractivity (Wildman–Crippen MR) is 48.7 cm³/mol. The van der Waals surface area contributed by atoms with Crippen molar-refractivity contribution in [3.05, 3.63) is 0 Å². The molecule has 0 aliphatic rings. The second-order valence-corrected chi connectivity index (χ2v) is 3.29. The van der Waals surface area contributed by atoms with E-state index >= 15 is 0 Å². The molecule has 0 radical (unpaired) electrons. The molecular formula is C9H21NO. The van der Waals surface area contributed by atoms with Crippen molar-refractivity contribution in [2.24, 2.45) is 0 Å². The highest BCUT2D eigenvalue weighted by Gasteiger charge is 2.04. The normalized spacial score (nSPS) is 16.4. The molecule has 0 saturated heterocycles. The molecule has 0 fully saturated rings. The van der Waals surface area contributed by atoms with Crippen LogP contribution in [-0.4, -0.2) is 23.8 Å². The van der Waals surface area contributed by atoms with Gasteiger partial charge in [0.1, 0.15) is 0 Å². The second-order valence-electron chi connectivity index (χ2n) is 3.29. The van der Waals surface area contributed by atoms with Crippen LogP contribution < -0.4 is 5.32 Å². The van der Waals surface area contributed by atoms with Crippen LogP contribution in [0.15, 0.2) is 0 Å². The summed E-state index contributed by atoms with van der Waals surface area (Å²) in [6.07, 6.45) is 3.73.